The number of carbonyl (C=O) groups is 1. The summed E-state index contributed by atoms with van der Waals surface area (Å²) in [4.78, 5) is 33.5. The molecule has 1 fully saturated rings. The normalized spacial score (nSPS) is 18.8. The summed E-state index contributed by atoms with van der Waals surface area (Å²) in [5.41, 5.74) is 12.8. The van der Waals surface area contributed by atoms with Crippen LogP contribution in [0.3, 0.4) is 0 Å². The number of hydrogen-bond acceptors (Lipinski definition) is 8. The van der Waals surface area contributed by atoms with Gasteiger partial charge in [0.15, 0.2) is 17.3 Å². The molecular formula is C33H30N10O. The lowest BCUT2D eigenvalue weighted by atomic mass is 9.95. The average molecular weight is 583 g/mol. The number of nitriles is 1. The number of nitrogens with two attached hydrogens (primary N) is 1. The van der Waals surface area contributed by atoms with Crippen LogP contribution >= 0.6 is 0 Å². The van der Waals surface area contributed by atoms with E-state index >= 15 is 0 Å². The van der Waals surface area contributed by atoms with Crippen LogP contribution < -0.4 is 5.73 Å². The largest absolute Gasteiger partial charge is 0.383 e. The highest BCUT2D eigenvalue weighted by atomic mass is 16.2. The van der Waals surface area contributed by atoms with Gasteiger partial charge in [0.25, 0.3) is 0 Å². The quantitative estimate of drug-likeness (QED) is 0.291. The summed E-state index contributed by atoms with van der Waals surface area (Å²) in [5.74, 6) is 1.61. The van der Waals surface area contributed by atoms with Gasteiger partial charge in [0.2, 0.25) is 5.91 Å². The van der Waals surface area contributed by atoms with Gasteiger partial charge in [-0.05, 0) is 85.4 Å². The number of nitrogen functional groups attached to an aromatic ring is 1. The molecule has 11 nitrogen and oxygen atoms in total. The molecule has 2 unspecified atom stereocenters. The molecule has 1 amide bonds. The zero-order valence-corrected chi connectivity index (χ0v) is 24.0. The number of pyridine rings is 2. The molecular weight excluding hydrogens is 552 g/mol. The van der Waals surface area contributed by atoms with Crippen LogP contribution in [-0.2, 0) is 11.2 Å². The van der Waals surface area contributed by atoms with Crippen molar-refractivity contribution in [2.24, 2.45) is 4.99 Å². The summed E-state index contributed by atoms with van der Waals surface area (Å²) in [6.07, 6.45) is 9.99. The number of nitrogens with zero attached hydrogens (tertiary/aromatic N) is 9. The fourth-order valence-electron chi connectivity index (χ4n) is 6.31. The van der Waals surface area contributed by atoms with Crippen molar-refractivity contribution in [1.29, 1.82) is 5.26 Å². The summed E-state index contributed by atoms with van der Waals surface area (Å²) >= 11 is 0. The van der Waals surface area contributed by atoms with Crippen LogP contribution in [0, 0.1) is 11.3 Å². The SMILES string of the molecule is C=CC(=O)N1CCC(N=C2CCc3cc(-n4c(-c5cccnc5N)nc5ccc(-n6cccn6)nc54)ccc32)CC1CC#N. The first-order valence-corrected chi connectivity index (χ1v) is 14.6. The van der Waals surface area contributed by atoms with Crippen molar-refractivity contribution in [1.82, 2.24) is 34.2 Å². The number of aromatic nitrogens is 6. The van der Waals surface area contributed by atoms with E-state index in [0.29, 0.717) is 42.5 Å². The van der Waals surface area contributed by atoms with Crippen LogP contribution in [0.25, 0.3) is 34.1 Å². The molecule has 1 aromatic carbocycles. The third-order valence-corrected chi connectivity index (χ3v) is 8.41. The van der Waals surface area contributed by atoms with Crippen molar-refractivity contribution in [3.8, 4) is 29.0 Å². The van der Waals surface area contributed by atoms with Gasteiger partial charge in [-0.3, -0.25) is 14.4 Å². The Bertz CT molecular complexity index is 1970. The van der Waals surface area contributed by atoms with E-state index in [0.717, 1.165) is 47.3 Å². The zero-order valence-electron chi connectivity index (χ0n) is 24.0. The van der Waals surface area contributed by atoms with Crippen molar-refractivity contribution in [3.05, 3.63) is 90.9 Å². The smallest absolute Gasteiger partial charge is 0.246 e. The molecule has 0 saturated carbocycles. The summed E-state index contributed by atoms with van der Waals surface area (Å²) in [6.45, 7) is 4.19. The van der Waals surface area contributed by atoms with E-state index in [-0.39, 0.29) is 18.0 Å². The Morgan fingerprint density at radius 1 is 1.14 bits per heavy atom. The molecule has 4 aromatic heterocycles. The fourth-order valence-corrected chi connectivity index (χ4v) is 6.31. The van der Waals surface area contributed by atoms with E-state index < -0.39 is 0 Å². The highest BCUT2D eigenvalue weighted by Gasteiger charge is 2.31. The van der Waals surface area contributed by atoms with Gasteiger partial charge >= 0.3 is 0 Å². The van der Waals surface area contributed by atoms with E-state index in [1.807, 2.05) is 41.1 Å². The molecule has 2 atom stereocenters. The Labute approximate surface area is 254 Å². The second-order valence-corrected chi connectivity index (χ2v) is 11.0. The molecule has 218 valence electrons. The van der Waals surface area contributed by atoms with Crippen molar-refractivity contribution in [2.75, 3.05) is 12.3 Å². The first-order chi connectivity index (χ1) is 21.5. The van der Waals surface area contributed by atoms with Crippen LogP contribution in [0.4, 0.5) is 5.82 Å². The maximum absolute atomic E-state index is 12.3. The zero-order chi connectivity index (χ0) is 30.2. The maximum Gasteiger partial charge on any atom is 0.246 e. The number of fused-ring (bicyclic) bond motifs is 2. The minimum absolute atomic E-state index is 0.0607. The topological polar surface area (TPSA) is 144 Å². The average Bonchev–Trinajstić information content (AvgIpc) is 3.80. The van der Waals surface area contributed by atoms with Gasteiger partial charge in [-0.25, -0.2) is 19.6 Å². The molecule has 5 heterocycles. The van der Waals surface area contributed by atoms with Gasteiger partial charge in [0.05, 0.1) is 24.1 Å². The van der Waals surface area contributed by atoms with Gasteiger partial charge in [0, 0.05) is 42.6 Å². The first kappa shape index (κ1) is 27.2. The highest BCUT2D eigenvalue weighted by molar-refractivity contribution is 6.05. The minimum atomic E-state index is -0.149. The van der Waals surface area contributed by atoms with Gasteiger partial charge in [-0.1, -0.05) is 12.6 Å². The molecule has 0 radical (unpaired) electrons. The van der Waals surface area contributed by atoms with E-state index in [9.17, 15) is 10.1 Å². The lowest BCUT2D eigenvalue weighted by Crippen LogP contribution is -2.46. The predicted octanol–water partition coefficient (Wildman–Crippen LogP) is 4.44. The van der Waals surface area contributed by atoms with E-state index in [1.165, 1.54) is 11.6 Å². The number of piperidine rings is 1. The Morgan fingerprint density at radius 3 is 2.84 bits per heavy atom. The lowest BCUT2D eigenvalue weighted by Gasteiger charge is -2.37. The summed E-state index contributed by atoms with van der Waals surface area (Å²) < 4.78 is 3.75. The second-order valence-electron chi connectivity index (χ2n) is 11.0. The standard InChI is InChI=1S/C33H30N10O/c1-2-30(44)41-18-13-22(20-23(41)12-14-34)38-27-9-6-21-19-24(7-8-25(21)27)43-32(26-5-3-15-36-31(26)35)39-28-10-11-29(40-33(28)43)42-17-4-16-37-42/h2-5,7-8,10-11,15-17,19,22-23H,1,6,9,12-13,18,20H2,(H2,35,36). The molecule has 0 spiro atoms. The summed E-state index contributed by atoms with van der Waals surface area (Å²) in [6, 6.07) is 18.0. The molecule has 2 N–H and O–H groups in total. The van der Waals surface area contributed by atoms with Crippen LogP contribution in [0.1, 0.15) is 36.8 Å². The van der Waals surface area contributed by atoms with Crippen molar-refractivity contribution in [2.45, 2.75) is 44.2 Å². The molecule has 1 aliphatic heterocycles. The molecule has 1 saturated heterocycles. The van der Waals surface area contributed by atoms with Crippen molar-refractivity contribution >= 4 is 28.6 Å². The number of imidazole rings is 1. The van der Waals surface area contributed by atoms with Crippen molar-refractivity contribution < 1.29 is 4.79 Å². The number of carbonyl (C=O) groups excluding carboxylic acids is 1. The number of rotatable bonds is 6. The predicted molar refractivity (Wildman–Crippen MR) is 167 cm³/mol. The molecule has 44 heavy (non-hydrogen) atoms. The van der Waals surface area contributed by atoms with Gasteiger partial charge < -0.3 is 10.6 Å². The molecule has 11 heteroatoms. The number of benzene rings is 1. The summed E-state index contributed by atoms with van der Waals surface area (Å²) in [5, 5.41) is 13.7. The number of anilines is 1. The van der Waals surface area contributed by atoms with Gasteiger partial charge in [-0.2, -0.15) is 10.4 Å². The van der Waals surface area contributed by atoms with E-state index in [2.05, 4.69) is 40.9 Å². The van der Waals surface area contributed by atoms with Crippen LogP contribution in [0.5, 0.6) is 0 Å². The Kier molecular flexibility index (Phi) is 6.94. The molecule has 1 aliphatic carbocycles. The monoisotopic (exact) mass is 582 g/mol. The highest BCUT2D eigenvalue weighted by Crippen LogP contribution is 2.34. The first-order valence-electron chi connectivity index (χ1n) is 14.6. The Balaban J connectivity index is 1.27. The van der Waals surface area contributed by atoms with Crippen LogP contribution in [0.15, 0.2) is 84.8 Å². The maximum atomic E-state index is 12.3. The molecule has 0 bridgehead atoms. The number of hydrogen-bond donors (Lipinski definition) is 1. The number of aliphatic imine (C=N–C) groups is 1. The van der Waals surface area contributed by atoms with Crippen LogP contribution in [0.2, 0.25) is 0 Å². The van der Waals surface area contributed by atoms with Crippen molar-refractivity contribution in [3.63, 3.8) is 0 Å². The van der Waals surface area contributed by atoms with E-state index in [4.69, 9.17) is 20.7 Å². The minimum Gasteiger partial charge on any atom is -0.383 e. The van der Waals surface area contributed by atoms with Crippen LogP contribution in [-0.4, -0.2) is 64.4 Å². The fraction of sp³-hybridized carbons (Fsp3) is 0.242. The Hall–Kier alpha value is -5.63. The molecule has 5 aromatic rings. The molecule has 7 rings (SSSR count). The van der Waals surface area contributed by atoms with E-state index in [1.54, 1.807) is 22.0 Å². The Morgan fingerprint density at radius 2 is 2.05 bits per heavy atom. The number of likely N-dealkylation sites (tertiary alicyclic amines) is 1. The van der Waals surface area contributed by atoms with Gasteiger partial charge in [0.1, 0.15) is 11.3 Å². The third-order valence-electron chi connectivity index (χ3n) is 8.41. The molecule has 2 aliphatic rings. The van der Waals surface area contributed by atoms with Gasteiger partial charge in [-0.15, -0.1) is 0 Å². The number of aryl methyl sites for hydroxylation is 1. The summed E-state index contributed by atoms with van der Waals surface area (Å²) in [7, 11) is 0. The third kappa shape index (κ3) is 4.80. The number of amides is 1. The lowest BCUT2D eigenvalue weighted by molar-refractivity contribution is -0.129. The second kappa shape index (κ2) is 11.2.